The molecule has 1 aliphatic heterocycles. The summed E-state index contributed by atoms with van der Waals surface area (Å²) in [4.78, 5) is 25.0. The van der Waals surface area contributed by atoms with Crippen LogP contribution in [0, 0.1) is 11.7 Å². The maximum atomic E-state index is 13.4. The zero-order chi connectivity index (χ0) is 14.0. The molecule has 1 unspecified atom stereocenters. The van der Waals surface area contributed by atoms with Crippen LogP contribution in [0.5, 0.6) is 0 Å². The van der Waals surface area contributed by atoms with Gasteiger partial charge in [0, 0.05) is 18.8 Å². The number of ether oxygens (including phenoxy) is 1. The summed E-state index contributed by atoms with van der Waals surface area (Å²) in [7, 11) is 1.24. The topological polar surface area (TPSA) is 46.6 Å². The molecule has 0 aromatic heterocycles. The molecular formula is C13H13ClFNO3. The number of carbonyl (C=O) groups excluding carboxylic acids is 2. The highest BCUT2D eigenvalue weighted by Crippen LogP contribution is 2.29. The van der Waals surface area contributed by atoms with E-state index in [1.165, 1.54) is 24.1 Å². The van der Waals surface area contributed by atoms with Gasteiger partial charge in [0.15, 0.2) is 0 Å². The number of nitrogens with zero attached hydrogens (tertiary/aromatic N) is 1. The Bertz CT molecular complexity index is 521. The Hall–Kier alpha value is -1.62. The van der Waals surface area contributed by atoms with E-state index >= 15 is 0 Å². The van der Waals surface area contributed by atoms with Gasteiger partial charge < -0.3 is 9.64 Å². The van der Waals surface area contributed by atoms with Crippen molar-refractivity contribution in [2.24, 2.45) is 5.92 Å². The van der Waals surface area contributed by atoms with Gasteiger partial charge in [0.1, 0.15) is 5.82 Å². The SMILES string of the molecule is COC(=O)c1ccc(F)cc1N1CC(CCl)CC1=O. The Kier molecular flexibility index (Phi) is 4.04. The number of amides is 1. The van der Waals surface area contributed by atoms with E-state index in [9.17, 15) is 14.0 Å². The molecule has 1 heterocycles. The minimum Gasteiger partial charge on any atom is -0.465 e. The summed E-state index contributed by atoms with van der Waals surface area (Å²) in [6.07, 6.45) is 0.306. The first-order chi connectivity index (χ1) is 9.06. The summed E-state index contributed by atoms with van der Waals surface area (Å²) in [6.45, 7) is 0.385. The van der Waals surface area contributed by atoms with Gasteiger partial charge in [-0.05, 0) is 24.1 Å². The fourth-order valence-electron chi connectivity index (χ4n) is 2.13. The van der Waals surface area contributed by atoms with Crippen LogP contribution >= 0.6 is 11.6 Å². The van der Waals surface area contributed by atoms with Crippen molar-refractivity contribution >= 4 is 29.2 Å². The molecule has 1 amide bonds. The molecule has 1 aromatic rings. The molecule has 19 heavy (non-hydrogen) atoms. The van der Waals surface area contributed by atoms with Crippen LogP contribution in [-0.4, -0.2) is 31.4 Å². The van der Waals surface area contributed by atoms with Crippen LogP contribution in [0.1, 0.15) is 16.8 Å². The molecule has 0 bridgehead atoms. The van der Waals surface area contributed by atoms with Crippen molar-refractivity contribution < 1.29 is 18.7 Å². The molecule has 102 valence electrons. The Morgan fingerprint density at radius 2 is 2.32 bits per heavy atom. The molecule has 6 heteroatoms. The van der Waals surface area contributed by atoms with Crippen molar-refractivity contribution in [3.05, 3.63) is 29.6 Å². The Balaban J connectivity index is 2.41. The number of carbonyl (C=O) groups is 2. The highest BCUT2D eigenvalue weighted by molar-refractivity contribution is 6.18. The number of methoxy groups -OCH3 is 1. The molecule has 0 saturated carbocycles. The minimum atomic E-state index is -0.600. The van der Waals surface area contributed by atoms with Crippen LogP contribution in [0.4, 0.5) is 10.1 Å². The number of hydrogen-bond donors (Lipinski definition) is 0. The molecular weight excluding hydrogens is 273 g/mol. The summed E-state index contributed by atoms with van der Waals surface area (Å²) in [5.74, 6) is -0.906. The van der Waals surface area contributed by atoms with E-state index in [0.717, 1.165) is 6.07 Å². The van der Waals surface area contributed by atoms with Gasteiger partial charge in [0.25, 0.3) is 0 Å². The number of rotatable bonds is 3. The molecule has 0 N–H and O–H groups in total. The lowest BCUT2D eigenvalue weighted by atomic mass is 10.1. The maximum absolute atomic E-state index is 13.4. The lowest BCUT2D eigenvalue weighted by molar-refractivity contribution is -0.117. The van der Waals surface area contributed by atoms with Crippen molar-refractivity contribution in [1.82, 2.24) is 0 Å². The van der Waals surface area contributed by atoms with Crippen molar-refractivity contribution in [2.45, 2.75) is 6.42 Å². The number of esters is 1. The minimum absolute atomic E-state index is 0.0166. The smallest absolute Gasteiger partial charge is 0.339 e. The van der Waals surface area contributed by atoms with Crippen LogP contribution in [0.3, 0.4) is 0 Å². The Morgan fingerprint density at radius 1 is 1.58 bits per heavy atom. The van der Waals surface area contributed by atoms with Gasteiger partial charge in [0.2, 0.25) is 5.91 Å². The first-order valence-electron chi connectivity index (χ1n) is 5.81. The number of hydrogen-bond acceptors (Lipinski definition) is 3. The van der Waals surface area contributed by atoms with Gasteiger partial charge in [-0.15, -0.1) is 11.6 Å². The molecule has 1 aromatic carbocycles. The zero-order valence-corrected chi connectivity index (χ0v) is 11.1. The summed E-state index contributed by atoms with van der Waals surface area (Å²) < 4.78 is 18.0. The van der Waals surface area contributed by atoms with Gasteiger partial charge in [-0.3, -0.25) is 4.79 Å². The van der Waals surface area contributed by atoms with E-state index in [2.05, 4.69) is 4.74 Å². The third kappa shape index (κ3) is 2.71. The van der Waals surface area contributed by atoms with E-state index in [4.69, 9.17) is 11.6 Å². The summed E-state index contributed by atoms with van der Waals surface area (Å²) >= 11 is 5.74. The molecule has 0 radical (unpaired) electrons. The summed E-state index contributed by atoms with van der Waals surface area (Å²) in [5.41, 5.74) is 0.414. The monoisotopic (exact) mass is 285 g/mol. The van der Waals surface area contributed by atoms with Gasteiger partial charge in [-0.1, -0.05) is 0 Å². The zero-order valence-electron chi connectivity index (χ0n) is 10.4. The van der Waals surface area contributed by atoms with E-state index in [1.807, 2.05) is 0 Å². The second kappa shape index (κ2) is 5.57. The fourth-order valence-corrected chi connectivity index (χ4v) is 2.34. The first kappa shape index (κ1) is 13.8. The predicted octanol–water partition coefficient (Wildman–Crippen LogP) is 2.20. The summed E-state index contributed by atoms with van der Waals surface area (Å²) in [6, 6.07) is 3.65. The standard InChI is InChI=1S/C13H13ClFNO3/c1-19-13(18)10-3-2-9(15)5-11(10)16-7-8(6-14)4-12(16)17/h2-3,5,8H,4,6-7H2,1H3. The number of benzene rings is 1. The molecule has 0 spiro atoms. The quantitative estimate of drug-likeness (QED) is 0.632. The molecule has 2 rings (SSSR count). The maximum Gasteiger partial charge on any atom is 0.339 e. The predicted molar refractivity (Wildman–Crippen MR) is 68.9 cm³/mol. The normalized spacial score (nSPS) is 18.8. The van der Waals surface area contributed by atoms with Crippen LogP contribution in [-0.2, 0) is 9.53 Å². The lowest BCUT2D eigenvalue weighted by Gasteiger charge is -2.19. The fraction of sp³-hybridized carbons (Fsp3) is 0.385. The van der Waals surface area contributed by atoms with E-state index in [0.29, 0.717) is 18.8 Å². The first-order valence-corrected chi connectivity index (χ1v) is 6.34. The second-order valence-electron chi connectivity index (χ2n) is 4.38. The van der Waals surface area contributed by atoms with Crippen LogP contribution in [0.25, 0.3) is 0 Å². The largest absolute Gasteiger partial charge is 0.465 e. The molecule has 4 nitrogen and oxygen atoms in total. The van der Waals surface area contributed by atoms with Crippen LogP contribution in [0.2, 0.25) is 0 Å². The van der Waals surface area contributed by atoms with Gasteiger partial charge >= 0.3 is 5.97 Å². The van der Waals surface area contributed by atoms with Gasteiger partial charge in [-0.2, -0.15) is 0 Å². The molecule has 1 fully saturated rings. The van der Waals surface area contributed by atoms with E-state index in [-0.39, 0.29) is 23.1 Å². The van der Waals surface area contributed by atoms with Crippen molar-refractivity contribution in [1.29, 1.82) is 0 Å². The summed E-state index contributed by atoms with van der Waals surface area (Å²) in [5, 5.41) is 0. The number of alkyl halides is 1. The Labute approximate surface area is 115 Å². The van der Waals surface area contributed by atoms with Crippen LogP contribution < -0.4 is 4.90 Å². The van der Waals surface area contributed by atoms with Crippen molar-refractivity contribution in [2.75, 3.05) is 24.4 Å². The van der Waals surface area contributed by atoms with Gasteiger partial charge in [0.05, 0.1) is 18.4 Å². The number of anilines is 1. The van der Waals surface area contributed by atoms with Crippen LogP contribution in [0.15, 0.2) is 18.2 Å². The average molecular weight is 286 g/mol. The Morgan fingerprint density at radius 3 is 2.89 bits per heavy atom. The third-order valence-electron chi connectivity index (χ3n) is 3.08. The van der Waals surface area contributed by atoms with Crippen molar-refractivity contribution in [3.8, 4) is 0 Å². The van der Waals surface area contributed by atoms with Crippen molar-refractivity contribution in [3.63, 3.8) is 0 Å². The van der Waals surface area contributed by atoms with Gasteiger partial charge in [-0.25, -0.2) is 9.18 Å². The third-order valence-corrected chi connectivity index (χ3v) is 3.52. The average Bonchev–Trinajstić information content (AvgIpc) is 2.79. The highest BCUT2D eigenvalue weighted by Gasteiger charge is 2.32. The van der Waals surface area contributed by atoms with E-state index in [1.54, 1.807) is 0 Å². The molecule has 1 saturated heterocycles. The highest BCUT2D eigenvalue weighted by atomic mass is 35.5. The molecule has 1 atom stereocenters. The molecule has 1 aliphatic rings. The van der Waals surface area contributed by atoms with E-state index < -0.39 is 11.8 Å². The molecule has 0 aliphatic carbocycles. The lowest BCUT2D eigenvalue weighted by Crippen LogP contribution is -2.27. The number of halogens is 2. The second-order valence-corrected chi connectivity index (χ2v) is 4.69.